The number of hydrogen-bond acceptors (Lipinski definition) is 1. The number of aromatic nitrogens is 2. The first kappa shape index (κ1) is 11.2. The Morgan fingerprint density at radius 3 is 2.55 bits per heavy atom. The van der Waals surface area contributed by atoms with Crippen LogP contribution in [0.4, 0.5) is 0 Å². The third kappa shape index (κ3) is 1.62. The minimum absolute atomic E-state index is 1.04. The van der Waals surface area contributed by atoms with Gasteiger partial charge in [-0.05, 0) is 36.2 Å². The van der Waals surface area contributed by atoms with E-state index < -0.39 is 0 Å². The second-order valence-corrected chi connectivity index (χ2v) is 5.07. The first-order valence-electron chi connectivity index (χ1n) is 6.75. The average molecular weight is 258 g/mol. The van der Waals surface area contributed by atoms with Gasteiger partial charge in [-0.25, -0.2) is 0 Å². The van der Waals surface area contributed by atoms with Gasteiger partial charge < -0.3 is 4.98 Å². The van der Waals surface area contributed by atoms with Gasteiger partial charge in [0.25, 0.3) is 0 Å². The van der Waals surface area contributed by atoms with Crippen molar-refractivity contribution in [3.05, 3.63) is 66.5 Å². The summed E-state index contributed by atoms with van der Waals surface area (Å²) in [5.74, 6) is 0. The van der Waals surface area contributed by atoms with Gasteiger partial charge in [-0.2, -0.15) is 0 Å². The number of nitrogens with zero attached hydrogens (tertiary/aromatic N) is 1. The highest BCUT2D eigenvalue weighted by atomic mass is 14.8. The molecule has 0 spiro atoms. The predicted molar refractivity (Wildman–Crippen MR) is 83.8 cm³/mol. The zero-order chi connectivity index (χ0) is 13.5. The lowest BCUT2D eigenvalue weighted by Gasteiger charge is -2.01. The van der Waals surface area contributed by atoms with Gasteiger partial charge in [0, 0.05) is 22.5 Å². The van der Waals surface area contributed by atoms with Gasteiger partial charge in [-0.1, -0.05) is 36.4 Å². The maximum Gasteiger partial charge on any atom is 0.0681 e. The first-order chi connectivity index (χ1) is 9.83. The Morgan fingerprint density at radius 2 is 1.70 bits per heavy atom. The van der Waals surface area contributed by atoms with Gasteiger partial charge in [0.15, 0.2) is 0 Å². The topological polar surface area (TPSA) is 28.7 Å². The largest absolute Gasteiger partial charge is 0.353 e. The maximum atomic E-state index is 4.35. The molecular formula is C18H14N2. The fourth-order valence-electron chi connectivity index (χ4n) is 2.77. The second-order valence-electron chi connectivity index (χ2n) is 5.07. The second kappa shape index (κ2) is 4.20. The summed E-state index contributed by atoms with van der Waals surface area (Å²) in [4.78, 5) is 7.81. The summed E-state index contributed by atoms with van der Waals surface area (Å²) in [6.07, 6.45) is 1.88. The average Bonchev–Trinajstić information content (AvgIpc) is 2.88. The molecule has 0 aliphatic rings. The molecule has 0 amide bonds. The summed E-state index contributed by atoms with van der Waals surface area (Å²) in [6, 6.07) is 19.1. The van der Waals surface area contributed by atoms with Crippen molar-refractivity contribution in [2.45, 2.75) is 6.92 Å². The number of pyridine rings is 1. The van der Waals surface area contributed by atoms with Crippen LogP contribution >= 0.6 is 0 Å². The molecule has 0 fully saturated rings. The number of nitrogens with one attached hydrogen (secondary N) is 1. The van der Waals surface area contributed by atoms with Crippen LogP contribution in [0.1, 0.15) is 5.69 Å². The molecule has 96 valence electrons. The molecule has 20 heavy (non-hydrogen) atoms. The van der Waals surface area contributed by atoms with Crippen LogP contribution in [0.2, 0.25) is 0 Å². The predicted octanol–water partition coefficient (Wildman–Crippen LogP) is 4.69. The van der Waals surface area contributed by atoms with E-state index in [4.69, 9.17) is 0 Å². The molecular weight excluding hydrogens is 244 g/mol. The third-order valence-electron chi connectivity index (χ3n) is 3.82. The lowest BCUT2D eigenvalue weighted by molar-refractivity contribution is 1.22. The van der Waals surface area contributed by atoms with Crippen LogP contribution in [0.15, 0.2) is 60.8 Å². The zero-order valence-electron chi connectivity index (χ0n) is 11.2. The Hall–Kier alpha value is -2.61. The molecule has 0 unspecified atom stereocenters. The number of H-pyrrole nitrogens is 1. The lowest BCUT2D eigenvalue weighted by atomic mass is 10.0. The van der Waals surface area contributed by atoms with Crippen LogP contribution in [0.5, 0.6) is 0 Å². The van der Waals surface area contributed by atoms with Gasteiger partial charge in [0.05, 0.1) is 11.2 Å². The molecule has 0 saturated carbocycles. The van der Waals surface area contributed by atoms with E-state index in [1.165, 1.54) is 21.9 Å². The van der Waals surface area contributed by atoms with E-state index in [1.807, 2.05) is 19.2 Å². The van der Waals surface area contributed by atoms with Crippen molar-refractivity contribution in [2.24, 2.45) is 0 Å². The van der Waals surface area contributed by atoms with Crippen molar-refractivity contribution < 1.29 is 0 Å². The molecule has 4 rings (SSSR count). The third-order valence-corrected chi connectivity index (χ3v) is 3.82. The van der Waals surface area contributed by atoms with Crippen LogP contribution in [-0.2, 0) is 0 Å². The first-order valence-corrected chi connectivity index (χ1v) is 6.75. The van der Waals surface area contributed by atoms with Crippen molar-refractivity contribution in [1.82, 2.24) is 9.97 Å². The minimum atomic E-state index is 1.04. The van der Waals surface area contributed by atoms with E-state index in [-0.39, 0.29) is 0 Å². The number of aromatic amines is 1. The summed E-state index contributed by atoms with van der Waals surface area (Å²) >= 11 is 0. The molecule has 2 nitrogen and oxygen atoms in total. The van der Waals surface area contributed by atoms with Crippen molar-refractivity contribution in [3.63, 3.8) is 0 Å². The summed E-state index contributed by atoms with van der Waals surface area (Å²) in [5, 5.41) is 2.50. The fraction of sp³-hybridized carbons (Fsp3) is 0.0556. The SMILES string of the molecule is Cc1nccc2c1[nH]c1ccc(-c3ccccc3)cc12. The summed E-state index contributed by atoms with van der Waals surface area (Å²) in [5.41, 5.74) is 5.83. The number of fused-ring (bicyclic) bond motifs is 3. The lowest BCUT2D eigenvalue weighted by Crippen LogP contribution is -1.80. The van der Waals surface area contributed by atoms with Crippen molar-refractivity contribution in [3.8, 4) is 11.1 Å². The molecule has 0 aliphatic heterocycles. The van der Waals surface area contributed by atoms with Crippen LogP contribution in [0.25, 0.3) is 32.9 Å². The Bertz CT molecular complexity index is 905. The fourth-order valence-corrected chi connectivity index (χ4v) is 2.77. The molecule has 2 aromatic carbocycles. The highest BCUT2D eigenvalue weighted by Gasteiger charge is 2.07. The van der Waals surface area contributed by atoms with Crippen LogP contribution in [0, 0.1) is 6.92 Å². The van der Waals surface area contributed by atoms with Gasteiger partial charge in [0.1, 0.15) is 0 Å². The molecule has 4 aromatic rings. The monoisotopic (exact) mass is 258 g/mol. The van der Waals surface area contributed by atoms with Crippen molar-refractivity contribution in [2.75, 3.05) is 0 Å². The highest BCUT2D eigenvalue weighted by molar-refractivity contribution is 6.09. The van der Waals surface area contributed by atoms with E-state index in [1.54, 1.807) is 0 Å². The molecule has 0 radical (unpaired) electrons. The van der Waals surface area contributed by atoms with Crippen LogP contribution < -0.4 is 0 Å². The molecule has 0 bridgehead atoms. The normalized spacial score (nSPS) is 11.2. The zero-order valence-corrected chi connectivity index (χ0v) is 11.2. The molecule has 0 atom stereocenters. The molecule has 2 heterocycles. The standard InChI is InChI=1S/C18H14N2/c1-12-18-15(9-10-19-12)16-11-14(7-8-17(16)20-18)13-5-3-2-4-6-13/h2-11,20H,1H3. The van der Waals surface area contributed by atoms with Gasteiger partial charge >= 0.3 is 0 Å². The highest BCUT2D eigenvalue weighted by Crippen LogP contribution is 2.30. The van der Waals surface area contributed by atoms with Gasteiger partial charge in [-0.3, -0.25) is 4.98 Å². The van der Waals surface area contributed by atoms with E-state index >= 15 is 0 Å². The maximum absolute atomic E-state index is 4.35. The Morgan fingerprint density at radius 1 is 0.850 bits per heavy atom. The summed E-state index contributed by atoms with van der Waals surface area (Å²) < 4.78 is 0. The Labute approximate surface area is 117 Å². The van der Waals surface area contributed by atoms with Crippen molar-refractivity contribution in [1.29, 1.82) is 0 Å². The molecule has 1 N–H and O–H groups in total. The Kier molecular flexibility index (Phi) is 2.36. The molecule has 2 aromatic heterocycles. The number of rotatable bonds is 1. The number of hydrogen-bond donors (Lipinski definition) is 1. The molecule has 2 heteroatoms. The summed E-state index contributed by atoms with van der Waals surface area (Å²) in [6.45, 7) is 2.04. The smallest absolute Gasteiger partial charge is 0.0681 e. The molecule has 0 aliphatic carbocycles. The van der Waals surface area contributed by atoms with Gasteiger partial charge in [0.2, 0.25) is 0 Å². The van der Waals surface area contributed by atoms with E-state index in [2.05, 4.69) is 58.5 Å². The van der Waals surface area contributed by atoms with E-state index in [0.717, 1.165) is 16.7 Å². The molecule has 0 saturated heterocycles. The van der Waals surface area contributed by atoms with Crippen molar-refractivity contribution >= 4 is 21.8 Å². The van der Waals surface area contributed by atoms with Gasteiger partial charge in [-0.15, -0.1) is 0 Å². The number of aryl methyl sites for hydroxylation is 1. The Balaban J connectivity index is 2.04. The van der Waals surface area contributed by atoms with E-state index in [0.29, 0.717) is 0 Å². The van der Waals surface area contributed by atoms with E-state index in [9.17, 15) is 0 Å². The van der Waals surface area contributed by atoms with Crippen LogP contribution in [-0.4, -0.2) is 9.97 Å². The minimum Gasteiger partial charge on any atom is -0.353 e. The quantitative estimate of drug-likeness (QED) is 0.527. The summed E-state index contributed by atoms with van der Waals surface area (Å²) in [7, 11) is 0. The number of benzene rings is 2. The van der Waals surface area contributed by atoms with Crippen LogP contribution in [0.3, 0.4) is 0 Å².